The standard InChI is InChI=1S/C14H20FN3O/c1-11(18-9-7-17(2)8-10-18)14(19)16-13-5-3-12(15)4-6-13/h3-6,11H,7-10H2,1-2H3,(H,16,19)/t11-/m0/s1. The number of halogens is 1. The summed E-state index contributed by atoms with van der Waals surface area (Å²) >= 11 is 0. The number of benzene rings is 1. The highest BCUT2D eigenvalue weighted by atomic mass is 19.1. The number of carbonyl (C=O) groups excluding carboxylic acids is 1. The number of amides is 1. The maximum atomic E-state index is 12.8. The van der Waals surface area contributed by atoms with Crippen molar-refractivity contribution in [3.8, 4) is 0 Å². The molecule has 0 unspecified atom stereocenters. The van der Waals surface area contributed by atoms with E-state index >= 15 is 0 Å². The molecular weight excluding hydrogens is 245 g/mol. The van der Waals surface area contributed by atoms with Crippen molar-refractivity contribution in [2.24, 2.45) is 0 Å². The molecule has 5 heteroatoms. The number of nitrogens with zero attached hydrogens (tertiary/aromatic N) is 2. The molecule has 2 rings (SSSR count). The first-order valence-corrected chi connectivity index (χ1v) is 6.55. The van der Waals surface area contributed by atoms with Crippen molar-refractivity contribution < 1.29 is 9.18 Å². The van der Waals surface area contributed by atoms with Gasteiger partial charge in [-0.25, -0.2) is 4.39 Å². The van der Waals surface area contributed by atoms with Crippen LogP contribution in [0.5, 0.6) is 0 Å². The Morgan fingerprint density at radius 3 is 2.37 bits per heavy atom. The van der Waals surface area contributed by atoms with Crippen LogP contribution in [0.3, 0.4) is 0 Å². The minimum absolute atomic E-state index is 0.0452. The quantitative estimate of drug-likeness (QED) is 0.897. The van der Waals surface area contributed by atoms with Crippen LogP contribution in [0.4, 0.5) is 10.1 Å². The van der Waals surface area contributed by atoms with E-state index in [-0.39, 0.29) is 17.8 Å². The van der Waals surface area contributed by atoms with Crippen LogP contribution in [-0.2, 0) is 4.79 Å². The molecule has 1 amide bonds. The molecule has 0 radical (unpaired) electrons. The number of piperazine rings is 1. The second kappa shape index (κ2) is 6.12. The summed E-state index contributed by atoms with van der Waals surface area (Å²) in [6, 6.07) is 5.67. The zero-order chi connectivity index (χ0) is 13.8. The zero-order valence-corrected chi connectivity index (χ0v) is 11.4. The molecule has 1 fully saturated rings. The van der Waals surface area contributed by atoms with Gasteiger partial charge in [-0.15, -0.1) is 0 Å². The lowest BCUT2D eigenvalue weighted by Crippen LogP contribution is -2.51. The Morgan fingerprint density at radius 2 is 1.79 bits per heavy atom. The van der Waals surface area contributed by atoms with Gasteiger partial charge in [0, 0.05) is 31.9 Å². The number of nitrogens with one attached hydrogen (secondary N) is 1. The van der Waals surface area contributed by atoms with Crippen molar-refractivity contribution in [3.63, 3.8) is 0 Å². The summed E-state index contributed by atoms with van der Waals surface area (Å²) in [5.41, 5.74) is 0.632. The first-order chi connectivity index (χ1) is 9.06. The maximum absolute atomic E-state index is 12.8. The van der Waals surface area contributed by atoms with Crippen molar-refractivity contribution in [2.45, 2.75) is 13.0 Å². The second-order valence-electron chi connectivity index (χ2n) is 5.01. The molecule has 1 atom stereocenters. The van der Waals surface area contributed by atoms with Gasteiger partial charge < -0.3 is 10.2 Å². The highest BCUT2D eigenvalue weighted by molar-refractivity contribution is 5.94. The SMILES string of the molecule is C[C@@H](C(=O)Nc1ccc(F)cc1)N1CCN(C)CC1. The van der Waals surface area contributed by atoms with Gasteiger partial charge in [0.15, 0.2) is 0 Å². The summed E-state index contributed by atoms with van der Waals surface area (Å²) in [5, 5.41) is 2.82. The Labute approximate surface area is 113 Å². The van der Waals surface area contributed by atoms with E-state index < -0.39 is 0 Å². The first-order valence-electron chi connectivity index (χ1n) is 6.55. The summed E-state index contributed by atoms with van der Waals surface area (Å²) in [7, 11) is 2.08. The van der Waals surface area contributed by atoms with Crippen LogP contribution in [0.1, 0.15) is 6.92 Å². The molecule has 1 heterocycles. The van der Waals surface area contributed by atoms with Crippen molar-refractivity contribution in [3.05, 3.63) is 30.1 Å². The summed E-state index contributed by atoms with van der Waals surface area (Å²) in [4.78, 5) is 16.5. The predicted molar refractivity (Wildman–Crippen MR) is 73.6 cm³/mol. The zero-order valence-electron chi connectivity index (χ0n) is 11.4. The topological polar surface area (TPSA) is 35.6 Å². The van der Waals surface area contributed by atoms with Crippen LogP contribution in [0.25, 0.3) is 0 Å². The van der Waals surface area contributed by atoms with Crippen molar-refractivity contribution in [1.29, 1.82) is 0 Å². The Balaban J connectivity index is 1.90. The molecule has 1 aromatic rings. The Hall–Kier alpha value is -1.46. The van der Waals surface area contributed by atoms with E-state index in [9.17, 15) is 9.18 Å². The predicted octanol–water partition coefficient (Wildman–Crippen LogP) is 1.40. The van der Waals surface area contributed by atoms with Crippen LogP contribution in [0.15, 0.2) is 24.3 Å². The van der Waals surface area contributed by atoms with Crippen LogP contribution in [0, 0.1) is 5.82 Å². The highest BCUT2D eigenvalue weighted by Gasteiger charge is 2.24. The molecular formula is C14H20FN3O. The van der Waals surface area contributed by atoms with Crippen molar-refractivity contribution >= 4 is 11.6 Å². The van der Waals surface area contributed by atoms with E-state index in [2.05, 4.69) is 22.2 Å². The number of hydrogen-bond donors (Lipinski definition) is 1. The summed E-state index contributed by atoms with van der Waals surface area (Å²) < 4.78 is 12.8. The number of carbonyl (C=O) groups is 1. The van der Waals surface area contributed by atoms with Crippen LogP contribution < -0.4 is 5.32 Å². The molecule has 0 bridgehead atoms. The molecule has 1 N–H and O–H groups in total. The van der Waals surface area contributed by atoms with E-state index in [4.69, 9.17) is 0 Å². The van der Waals surface area contributed by atoms with Gasteiger partial charge in [-0.3, -0.25) is 9.69 Å². The largest absolute Gasteiger partial charge is 0.325 e. The molecule has 19 heavy (non-hydrogen) atoms. The highest BCUT2D eigenvalue weighted by Crippen LogP contribution is 2.11. The van der Waals surface area contributed by atoms with Crippen molar-refractivity contribution in [2.75, 3.05) is 38.5 Å². The summed E-state index contributed by atoms with van der Waals surface area (Å²) in [6.07, 6.45) is 0. The Morgan fingerprint density at radius 1 is 1.21 bits per heavy atom. The summed E-state index contributed by atoms with van der Waals surface area (Å²) in [5.74, 6) is -0.346. The van der Waals surface area contributed by atoms with Crippen LogP contribution in [-0.4, -0.2) is 55.0 Å². The van der Waals surface area contributed by atoms with Gasteiger partial charge in [0.05, 0.1) is 6.04 Å². The fourth-order valence-electron chi connectivity index (χ4n) is 2.15. The molecule has 1 aromatic carbocycles. The van der Waals surface area contributed by atoms with Crippen LogP contribution in [0.2, 0.25) is 0 Å². The smallest absolute Gasteiger partial charge is 0.241 e. The molecule has 4 nitrogen and oxygen atoms in total. The lowest BCUT2D eigenvalue weighted by Gasteiger charge is -2.35. The fraction of sp³-hybridized carbons (Fsp3) is 0.500. The summed E-state index contributed by atoms with van der Waals surface area (Å²) in [6.45, 7) is 5.66. The van der Waals surface area contributed by atoms with Gasteiger partial charge in [-0.05, 0) is 38.2 Å². The minimum atomic E-state index is -0.301. The van der Waals surface area contributed by atoms with Gasteiger partial charge in [0.2, 0.25) is 5.91 Å². The molecule has 0 aliphatic carbocycles. The average molecular weight is 265 g/mol. The van der Waals surface area contributed by atoms with Crippen LogP contribution >= 0.6 is 0 Å². The molecule has 104 valence electrons. The van der Waals surface area contributed by atoms with Gasteiger partial charge >= 0.3 is 0 Å². The van der Waals surface area contributed by atoms with E-state index in [1.165, 1.54) is 12.1 Å². The molecule has 0 saturated carbocycles. The third-order valence-electron chi connectivity index (χ3n) is 3.58. The normalized spacial score (nSPS) is 19.1. The van der Waals surface area contributed by atoms with Gasteiger partial charge in [-0.1, -0.05) is 0 Å². The molecule has 0 spiro atoms. The van der Waals surface area contributed by atoms with Gasteiger partial charge in [0.25, 0.3) is 0 Å². The number of hydrogen-bond acceptors (Lipinski definition) is 3. The molecule has 1 aliphatic heterocycles. The maximum Gasteiger partial charge on any atom is 0.241 e. The molecule has 1 aliphatic rings. The Bertz CT molecular complexity index is 427. The van der Waals surface area contributed by atoms with E-state index in [1.807, 2.05) is 6.92 Å². The monoisotopic (exact) mass is 265 g/mol. The molecule has 1 saturated heterocycles. The number of likely N-dealkylation sites (N-methyl/N-ethyl adjacent to an activating group) is 1. The van der Waals surface area contributed by atoms with Crippen molar-refractivity contribution in [1.82, 2.24) is 9.80 Å². The lowest BCUT2D eigenvalue weighted by molar-refractivity contribution is -0.121. The lowest BCUT2D eigenvalue weighted by atomic mass is 10.2. The third kappa shape index (κ3) is 3.75. The fourth-order valence-corrected chi connectivity index (χ4v) is 2.15. The van der Waals surface area contributed by atoms with Gasteiger partial charge in [0.1, 0.15) is 5.82 Å². The van der Waals surface area contributed by atoms with E-state index in [0.717, 1.165) is 26.2 Å². The van der Waals surface area contributed by atoms with E-state index in [1.54, 1.807) is 12.1 Å². The van der Waals surface area contributed by atoms with E-state index in [0.29, 0.717) is 5.69 Å². The third-order valence-corrected chi connectivity index (χ3v) is 3.58. The number of rotatable bonds is 3. The Kier molecular flexibility index (Phi) is 4.50. The van der Waals surface area contributed by atoms with Gasteiger partial charge in [-0.2, -0.15) is 0 Å². The average Bonchev–Trinajstić information content (AvgIpc) is 2.41. The first kappa shape index (κ1) is 14.0. The number of anilines is 1. The second-order valence-corrected chi connectivity index (χ2v) is 5.01. The molecule has 0 aromatic heterocycles. The minimum Gasteiger partial charge on any atom is -0.325 e.